The molecule has 1 aliphatic rings. The quantitative estimate of drug-likeness (QED) is 0.286. The van der Waals surface area contributed by atoms with Gasteiger partial charge in [0.1, 0.15) is 18.6 Å². The lowest BCUT2D eigenvalue weighted by atomic mass is 9.90. The first-order chi connectivity index (χ1) is 21.3. The van der Waals surface area contributed by atoms with Gasteiger partial charge in [-0.1, -0.05) is 51.1 Å². The van der Waals surface area contributed by atoms with E-state index in [4.69, 9.17) is 28.4 Å². The maximum Gasteiger partial charge on any atom is 0.332 e. The van der Waals surface area contributed by atoms with E-state index in [0.29, 0.717) is 0 Å². The molecule has 1 aromatic carbocycles. The number of amides is 1. The van der Waals surface area contributed by atoms with Crippen molar-refractivity contribution in [3.05, 3.63) is 53.9 Å². The van der Waals surface area contributed by atoms with Crippen molar-refractivity contribution in [2.24, 2.45) is 11.3 Å². The summed E-state index contributed by atoms with van der Waals surface area (Å²) < 4.78 is 32.4. The van der Waals surface area contributed by atoms with Gasteiger partial charge in [-0.25, -0.2) is 9.78 Å². The molecule has 0 saturated carbocycles. The Morgan fingerprint density at radius 3 is 2.38 bits per heavy atom. The van der Waals surface area contributed by atoms with Crippen molar-refractivity contribution in [1.29, 1.82) is 0 Å². The second-order valence-corrected chi connectivity index (χ2v) is 11.7. The molecule has 0 aliphatic carbocycles. The lowest BCUT2D eigenvalue weighted by molar-refractivity contribution is -0.175. The molecule has 1 amide bonds. The maximum atomic E-state index is 13.5. The third-order valence-corrected chi connectivity index (χ3v) is 6.72. The number of pyridine rings is 1. The lowest BCUT2D eigenvalue weighted by Gasteiger charge is -2.30. The van der Waals surface area contributed by atoms with Crippen molar-refractivity contribution in [3.8, 4) is 11.5 Å². The molecule has 1 fully saturated rings. The van der Waals surface area contributed by atoms with Crippen LogP contribution in [-0.2, 0) is 44.5 Å². The van der Waals surface area contributed by atoms with Gasteiger partial charge in [0.25, 0.3) is 5.91 Å². The van der Waals surface area contributed by atoms with Gasteiger partial charge in [0, 0.05) is 19.4 Å². The molecule has 0 spiro atoms. The highest BCUT2D eigenvalue weighted by Crippen LogP contribution is 2.30. The zero-order valence-corrected chi connectivity index (χ0v) is 26.3. The number of ether oxygens (including phenoxy) is 6. The summed E-state index contributed by atoms with van der Waals surface area (Å²) in [5.74, 6) is -5.14. The second kappa shape index (κ2) is 16.0. The van der Waals surface area contributed by atoms with E-state index in [1.165, 1.54) is 33.4 Å². The Kier molecular flexibility index (Phi) is 12.4. The Morgan fingerprint density at radius 2 is 1.73 bits per heavy atom. The second-order valence-electron chi connectivity index (χ2n) is 11.7. The van der Waals surface area contributed by atoms with E-state index in [2.05, 4.69) is 10.3 Å². The predicted molar refractivity (Wildman–Crippen MR) is 158 cm³/mol. The summed E-state index contributed by atoms with van der Waals surface area (Å²) in [6.07, 6.45) is -0.922. The Hall–Kier alpha value is -4.52. The molecule has 4 atom stereocenters. The highest BCUT2D eigenvalue weighted by molar-refractivity contribution is 5.99. The molecular formula is C32H40N2O11. The van der Waals surface area contributed by atoms with Gasteiger partial charge < -0.3 is 33.7 Å². The number of nitrogens with one attached hydrogen (secondary N) is 1. The zero-order valence-electron chi connectivity index (χ0n) is 26.3. The number of hydrogen-bond acceptors (Lipinski definition) is 12. The summed E-state index contributed by atoms with van der Waals surface area (Å²) in [5, 5.41) is 2.45. The van der Waals surface area contributed by atoms with Crippen LogP contribution < -0.4 is 14.8 Å². The molecule has 1 N–H and O–H groups in total. The fourth-order valence-corrected chi connectivity index (χ4v) is 4.54. The van der Waals surface area contributed by atoms with Gasteiger partial charge >= 0.3 is 23.9 Å². The number of carbonyl (C=O) groups excluding carboxylic acids is 5. The molecule has 45 heavy (non-hydrogen) atoms. The summed E-state index contributed by atoms with van der Waals surface area (Å²) in [5.41, 5.74) is 0.0181. The zero-order chi connectivity index (χ0) is 33.1. The molecule has 2 unspecified atom stereocenters. The first-order valence-corrected chi connectivity index (χ1v) is 14.5. The Bertz CT molecular complexity index is 1360. The van der Waals surface area contributed by atoms with E-state index in [1.54, 1.807) is 12.1 Å². The van der Waals surface area contributed by atoms with Crippen LogP contribution in [0.25, 0.3) is 0 Å². The number of rotatable bonds is 11. The number of esters is 4. The number of nitrogens with zero attached hydrogens (tertiary/aromatic N) is 1. The van der Waals surface area contributed by atoms with E-state index in [9.17, 15) is 24.0 Å². The number of cyclic esters (lactones) is 2. The Labute approximate surface area is 261 Å². The first-order valence-electron chi connectivity index (χ1n) is 14.5. The minimum atomic E-state index is -1.48. The van der Waals surface area contributed by atoms with Crippen LogP contribution in [0.3, 0.4) is 0 Å². The molecule has 3 rings (SSSR count). The molecule has 2 aromatic rings. The number of benzene rings is 1. The summed E-state index contributed by atoms with van der Waals surface area (Å²) in [4.78, 5) is 69.4. The van der Waals surface area contributed by atoms with E-state index in [1.807, 2.05) is 39.0 Å². The molecule has 0 bridgehead atoms. The van der Waals surface area contributed by atoms with E-state index in [0.717, 1.165) is 5.56 Å². The highest BCUT2D eigenvalue weighted by Gasteiger charge is 2.42. The van der Waals surface area contributed by atoms with Gasteiger partial charge in [-0.3, -0.25) is 19.2 Å². The van der Waals surface area contributed by atoms with Gasteiger partial charge in [0.15, 0.2) is 23.6 Å². The molecule has 0 radical (unpaired) electrons. The van der Waals surface area contributed by atoms with Crippen LogP contribution in [0.2, 0.25) is 0 Å². The summed E-state index contributed by atoms with van der Waals surface area (Å²) in [6.45, 7) is 6.60. The first kappa shape index (κ1) is 35.0. The minimum absolute atomic E-state index is 0.0432. The third kappa shape index (κ3) is 10.3. The van der Waals surface area contributed by atoms with Crippen LogP contribution in [0.15, 0.2) is 42.6 Å². The van der Waals surface area contributed by atoms with E-state index >= 15 is 0 Å². The smallest absolute Gasteiger partial charge is 0.332 e. The van der Waals surface area contributed by atoms with Crippen molar-refractivity contribution in [1.82, 2.24) is 10.3 Å². The fourth-order valence-electron chi connectivity index (χ4n) is 4.54. The highest BCUT2D eigenvalue weighted by atomic mass is 16.6. The number of aromatic nitrogens is 1. The van der Waals surface area contributed by atoms with Crippen molar-refractivity contribution in [2.45, 2.75) is 65.2 Å². The summed E-state index contributed by atoms with van der Waals surface area (Å²) in [6, 6.07) is 8.98. The monoisotopic (exact) mass is 628 g/mol. The van der Waals surface area contributed by atoms with Crippen molar-refractivity contribution in [3.63, 3.8) is 0 Å². The molecule has 13 heteroatoms. The predicted octanol–water partition coefficient (Wildman–Crippen LogP) is 2.83. The van der Waals surface area contributed by atoms with Crippen LogP contribution in [-0.4, -0.2) is 80.5 Å². The lowest BCUT2D eigenvalue weighted by Crippen LogP contribution is -2.47. The van der Waals surface area contributed by atoms with Crippen LogP contribution in [0.4, 0.5) is 0 Å². The number of carbonyl (C=O) groups is 5. The Balaban J connectivity index is 1.88. The fraction of sp³-hybridized carbons (Fsp3) is 0.500. The normalized spacial score (nSPS) is 20.4. The number of methoxy groups -OCH3 is 2. The van der Waals surface area contributed by atoms with Crippen LogP contribution in [0.1, 0.15) is 56.6 Å². The van der Waals surface area contributed by atoms with Crippen LogP contribution >= 0.6 is 0 Å². The summed E-state index contributed by atoms with van der Waals surface area (Å²) in [7, 11) is 2.74. The maximum absolute atomic E-state index is 13.5. The standard InChI is InChI=1S/C32H40N2O11/c1-19-27(45-25(36)17-32(2,3)4)21(16-20-10-8-7-9-11-20)30(38)42-18-22(31(39)43-19)34-29(37)26-28(23(41-6)12-14-33-26)44-24(35)13-15-40-5/h7-12,14,19,21-22,27H,13,15-18H2,1-6H3,(H,34,37)/t19-,21+,22?,27?/m0/s1. The molecular weight excluding hydrogens is 588 g/mol. The van der Waals surface area contributed by atoms with Crippen LogP contribution in [0, 0.1) is 11.3 Å². The molecule has 2 heterocycles. The minimum Gasteiger partial charge on any atom is -0.493 e. The largest absolute Gasteiger partial charge is 0.493 e. The number of hydrogen-bond donors (Lipinski definition) is 1. The molecule has 1 aromatic heterocycles. The van der Waals surface area contributed by atoms with Gasteiger partial charge in [0.2, 0.25) is 5.75 Å². The van der Waals surface area contributed by atoms with Gasteiger partial charge in [-0.2, -0.15) is 0 Å². The molecule has 1 saturated heterocycles. The van der Waals surface area contributed by atoms with Gasteiger partial charge in [0.05, 0.1) is 26.6 Å². The molecule has 1 aliphatic heterocycles. The van der Waals surface area contributed by atoms with Crippen molar-refractivity contribution < 1.29 is 52.4 Å². The third-order valence-electron chi connectivity index (χ3n) is 6.72. The molecule has 13 nitrogen and oxygen atoms in total. The molecule has 244 valence electrons. The topological polar surface area (TPSA) is 166 Å². The van der Waals surface area contributed by atoms with E-state index < -0.39 is 66.0 Å². The van der Waals surface area contributed by atoms with Crippen LogP contribution in [0.5, 0.6) is 11.5 Å². The SMILES string of the molecule is COCCC(=O)Oc1c(OC)ccnc1C(=O)NC1COC(=O)[C@H](Cc2ccccc2)C(OC(=O)CC(C)(C)C)[C@H](C)OC1=O. The van der Waals surface area contributed by atoms with Crippen molar-refractivity contribution in [2.75, 3.05) is 27.4 Å². The Morgan fingerprint density at radius 1 is 1.02 bits per heavy atom. The van der Waals surface area contributed by atoms with Gasteiger partial charge in [-0.15, -0.1) is 0 Å². The van der Waals surface area contributed by atoms with Gasteiger partial charge in [-0.05, 0) is 24.3 Å². The average Bonchev–Trinajstić information content (AvgIpc) is 3.01. The van der Waals surface area contributed by atoms with Crippen molar-refractivity contribution >= 4 is 29.8 Å². The average molecular weight is 629 g/mol. The summed E-state index contributed by atoms with van der Waals surface area (Å²) >= 11 is 0. The van der Waals surface area contributed by atoms with E-state index in [-0.39, 0.29) is 43.1 Å².